The molecule has 3 rings (SSSR count). The predicted octanol–water partition coefficient (Wildman–Crippen LogP) is 2.73. The van der Waals surface area contributed by atoms with Gasteiger partial charge in [0.1, 0.15) is 11.3 Å². The Kier molecular flexibility index (Phi) is 6.36. The smallest absolute Gasteiger partial charge is 0.280 e. The minimum Gasteiger partial charge on any atom is -0.353 e. The van der Waals surface area contributed by atoms with E-state index in [2.05, 4.69) is 15.4 Å². The number of benzene rings is 1. The number of amides is 1. The highest BCUT2D eigenvalue weighted by molar-refractivity contribution is 7.99. The van der Waals surface area contributed by atoms with Gasteiger partial charge in [0.25, 0.3) is 5.56 Å². The van der Waals surface area contributed by atoms with Gasteiger partial charge in [0.15, 0.2) is 10.7 Å². The zero-order valence-electron chi connectivity index (χ0n) is 16.9. The Bertz CT molecular complexity index is 1090. The molecule has 1 aromatic carbocycles. The van der Waals surface area contributed by atoms with Gasteiger partial charge in [0, 0.05) is 12.6 Å². The number of aromatic nitrogens is 4. The van der Waals surface area contributed by atoms with Gasteiger partial charge in [-0.2, -0.15) is 5.10 Å². The Morgan fingerprint density at radius 3 is 2.59 bits per heavy atom. The SMILES string of the molecule is CCn1nc(C)c2nc(SCC(=O)NC(C)C)n(Cc3ccc(F)cc3)c(=O)c21. The third kappa shape index (κ3) is 4.67. The van der Waals surface area contributed by atoms with Crippen LogP contribution in [0.25, 0.3) is 11.0 Å². The van der Waals surface area contributed by atoms with E-state index in [4.69, 9.17) is 0 Å². The summed E-state index contributed by atoms with van der Waals surface area (Å²) in [5, 5.41) is 7.67. The largest absolute Gasteiger partial charge is 0.353 e. The molecular weight excluding hydrogens is 393 g/mol. The molecule has 0 fully saturated rings. The van der Waals surface area contributed by atoms with Crippen LogP contribution in [-0.4, -0.2) is 37.0 Å². The summed E-state index contributed by atoms with van der Waals surface area (Å²) in [5.74, 6) is -0.330. The van der Waals surface area contributed by atoms with E-state index in [0.29, 0.717) is 28.4 Å². The average Bonchev–Trinajstić information content (AvgIpc) is 2.99. The first-order chi connectivity index (χ1) is 13.8. The molecule has 0 spiro atoms. The maximum atomic E-state index is 13.3. The first kappa shape index (κ1) is 21.0. The molecule has 0 atom stereocenters. The number of halogens is 1. The van der Waals surface area contributed by atoms with Gasteiger partial charge in [-0.3, -0.25) is 18.8 Å². The summed E-state index contributed by atoms with van der Waals surface area (Å²) in [7, 11) is 0. The fourth-order valence-electron chi connectivity index (χ4n) is 3.03. The Hall–Kier alpha value is -2.68. The van der Waals surface area contributed by atoms with Crippen molar-refractivity contribution in [2.75, 3.05) is 5.75 Å². The quantitative estimate of drug-likeness (QED) is 0.472. The summed E-state index contributed by atoms with van der Waals surface area (Å²) in [6.45, 7) is 8.27. The van der Waals surface area contributed by atoms with Gasteiger partial charge in [0.2, 0.25) is 5.91 Å². The third-order valence-corrected chi connectivity index (χ3v) is 5.29. The van der Waals surface area contributed by atoms with Gasteiger partial charge >= 0.3 is 0 Å². The molecule has 0 saturated heterocycles. The lowest BCUT2D eigenvalue weighted by Gasteiger charge is -2.13. The van der Waals surface area contributed by atoms with E-state index < -0.39 is 0 Å². The zero-order valence-corrected chi connectivity index (χ0v) is 17.7. The van der Waals surface area contributed by atoms with Crippen molar-refractivity contribution in [3.05, 3.63) is 51.7 Å². The van der Waals surface area contributed by atoms with Crippen LogP contribution in [-0.2, 0) is 17.9 Å². The lowest BCUT2D eigenvalue weighted by Crippen LogP contribution is -2.32. The van der Waals surface area contributed by atoms with Crippen molar-refractivity contribution in [3.63, 3.8) is 0 Å². The first-order valence-corrected chi connectivity index (χ1v) is 10.4. The predicted molar refractivity (Wildman–Crippen MR) is 112 cm³/mol. The van der Waals surface area contributed by atoms with Gasteiger partial charge < -0.3 is 5.32 Å². The molecule has 2 aromatic heterocycles. The number of nitrogens with one attached hydrogen (secondary N) is 1. The molecule has 7 nitrogen and oxygen atoms in total. The average molecular weight is 418 g/mol. The molecule has 29 heavy (non-hydrogen) atoms. The maximum Gasteiger partial charge on any atom is 0.280 e. The van der Waals surface area contributed by atoms with Crippen molar-refractivity contribution in [2.24, 2.45) is 0 Å². The molecule has 0 saturated carbocycles. The molecule has 1 amide bonds. The van der Waals surface area contributed by atoms with Crippen molar-refractivity contribution in [1.82, 2.24) is 24.6 Å². The minimum atomic E-state index is -0.339. The van der Waals surface area contributed by atoms with Gasteiger partial charge in [-0.25, -0.2) is 9.37 Å². The lowest BCUT2D eigenvalue weighted by atomic mass is 10.2. The Morgan fingerprint density at radius 1 is 1.28 bits per heavy atom. The topological polar surface area (TPSA) is 81.8 Å². The van der Waals surface area contributed by atoms with Crippen molar-refractivity contribution < 1.29 is 9.18 Å². The molecule has 9 heteroatoms. The van der Waals surface area contributed by atoms with Crippen molar-refractivity contribution >= 4 is 28.7 Å². The fourth-order valence-corrected chi connectivity index (χ4v) is 3.84. The number of carbonyl (C=O) groups is 1. The molecule has 0 unspecified atom stereocenters. The number of hydrogen-bond acceptors (Lipinski definition) is 5. The molecule has 154 valence electrons. The first-order valence-electron chi connectivity index (χ1n) is 9.44. The highest BCUT2D eigenvalue weighted by atomic mass is 32.2. The van der Waals surface area contributed by atoms with Crippen LogP contribution >= 0.6 is 11.8 Å². The van der Waals surface area contributed by atoms with Crippen LogP contribution in [0.3, 0.4) is 0 Å². The Labute approximate surface area is 172 Å². The van der Waals surface area contributed by atoms with E-state index in [1.165, 1.54) is 28.5 Å². The second-order valence-electron chi connectivity index (χ2n) is 7.02. The van der Waals surface area contributed by atoms with E-state index in [-0.39, 0.29) is 35.6 Å². The molecule has 0 aliphatic heterocycles. The van der Waals surface area contributed by atoms with E-state index in [1.54, 1.807) is 16.8 Å². The monoisotopic (exact) mass is 417 g/mol. The van der Waals surface area contributed by atoms with Gasteiger partial charge in [0.05, 0.1) is 18.0 Å². The van der Waals surface area contributed by atoms with E-state index in [1.807, 2.05) is 27.7 Å². The summed E-state index contributed by atoms with van der Waals surface area (Å²) >= 11 is 1.20. The zero-order chi connectivity index (χ0) is 21.1. The molecule has 0 aliphatic carbocycles. The molecule has 2 heterocycles. The van der Waals surface area contributed by atoms with Crippen LogP contribution in [0.1, 0.15) is 32.0 Å². The molecule has 1 N–H and O–H groups in total. The molecule has 0 bridgehead atoms. The van der Waals surface area contributed by atoms with Crippen LogP contribution < -0.4 is 10.9 Å². The van der Waals surface area contributed by atoms with Crippen LogP contribution in [0.5, 0.6) is 0 Å². The minimum absolute atomic E-state index is 0.0324. The van der Waals surface area contributed by atoms with Gasteiger partial charge in [-0.1, -0.05) is 23.9 Å². The van der Waals surface area contributed by atoms with Crippen molar-refractivity contribution in [1.29, 1.82) is 0 Å². The van der Waals surface area contributed by atoms with Crippen molar-refractivity contribution in [3.8, 4) is 0 Å². The number of rotatable bonds is 7. The number of thioether (sulfide) groups is 1. The lowest BCUT2D eigenvalue weighted by molar-refractivity contribution is -0.119. The van der Waals surface area contributed by atoms with Gasteiger partial charge in [-0.05, 0) is 45.4 Å². The van der Waals surface area contributed by atoms with Crippen LogP contribution in [0.2, 0.25) is 0 Å². The third-order valence-electron chi connectivity index (χ3n) is 4.32. The van der Waals surface area contributed by atoms with Crippen LogP contribution in [0, 0.1) is 12.7 Å². The molecule has 3 aromatic rings. The van der Waals surface area contributed by atoms with E-state index in [0.717, 1.165) is 5.56 Å². The standard InChI is InChI=1S/C20H24FN5O2S/c1-5-26-18-17(13(4)24-26)23-20(29-11-16(27)22-12(2)3)25(19(18)28)10-14-6-8-15(21)9-7-14/h6-9,12H,5,10-11H2,1-4H3,(H,22,27). The normalized spacial score (nSPS) is 11.4. The second-order valence-corrected chi connectivity index (χ2v) is 7.96. The van der Waals surface area contributed by atoms with Gasteiger partial charge in [-0.15, -0.1) is 0 Å². The summed E-state index contributed by atoms with van der Waals surface area (Å²) in [5.41, 5.74) is 2.18. The summed E-state index contributed by atoms with van der Waals surface area (Å²) in [4.78, 5) is 30.1. The number of fused-ring (bicyclic) bond motifs is 1. The fraction of sp³-hybridized carbons (Fsp3) is 0.400. The highest BCUT2D eigenvalue weighted by Crippen LogP contribution is 2.21. The number of aryl methyl sites for hydroxylation is 2. The Balaban J connectivity index is 2.06. The number of carbonyl (C=O) groups excluding carboxylic acids is 1. The van der Waals surface area contributed by atoms with E-state index >= 15 is 0 Å². The Morgan fingerprint density at radius 2 is 1.97 bits per heavy atom. The van der Waals surface area contributed by atoms with Crippen LogP contribution in [0.15, 0.2) is 34.2 Å². The number of nitrogens with zero attached hydrogens (tertiary/aromatic N) is 4. The van der Waals surface area contributed by atoms with Crippen LogP contribution in [0.4, 0.5) is 4.39 Å². The van der Waals surface area contributed by atoms with E-state index in [9.17, 15) is 14.0 Å². The summed E-state index contributed by atoms with van der Waals surface area (Å²) in [6, 6.07) is 6.01. The highest BCUT2D eigenvalue weighted by Gasteiger charge is 2.19. The molecule has 0 aliphatic rings. The summed E-state index contributed by atoms with van der Waals surface area (Å²) in [6.07, 6.45) is 0. The summed E-state index contributed by atoms with van der Waals surface area (Å²) < 4.78 is 16.4. The second kappa shape index (κ2) is 8.77. The maximum absolute atomic E-state index is 13.3. The molecule has 0 radical (unpaired) electrons. The molecular formula is C20H24FN5O2S. The number of hydrogen-bond donors (Lipinski definition) is 1. The van der Waals surface area contributed by atoms with Crippen molar-refractivity contribution in [2.45, 2.75) is 52.0 Å².